The summed E-state index contributed by atoms with van der Waals surface area (Å²) in [4.78, 5) is 11.5. The highest BCUT2D eigenvalue weighted by Crippen LogP contribution is 2.44. The molecule has 0 bridgehead atoms. The van der Waals surface area contributed by atoms with Crippen LogP contribution in [0.15, 0.2) is 0 Å². The molecule has 4 atom stereocenters. The van der Waals surface area contributed by atoms with Crippen LogP contribution in [0.4, 0.5) is 0 Å². The lowest BCUT2D eigenvalue weighted by molar-refractivity contribution is -0.123. The maximum absolute atomic E-state index is 11.5. The first-order valence-electron chi connectivity index (χ1n) is 4.37. The maximum Gasteiger partial charge on any atom is 0.144 e. The second-order valence-electron chi connectivity index (χ2n) is 3.64. The Morgan fingerprint density at radius 2 is 1.50 bits per heavy atom. The lowest BCUT2D eigenvalue weighted by atomic mass is 10.2. The van der Waals surface area contributed by atoms with Crippen LogP contribution < -0.4 is 0 Å². The summed E-state index contributed by atoms with van der Waals surface area (Å²) in [5.74, 6) is 0.717. The summed E-state index contributed by atoms with van der Waals surface area (Å²) < 4.78 is 10.2. The molecule has 68 valence electrons. The highest BCUT2D eigenvalue weighted by Gasteiger charge is 2.53. The van der Waals surface area contributed by atoms with Crippen LogP contribution in [0.25, 0.3) is 0 Å². The van der Waals surface area contributed by atoms with Crippen LogP contribution in [0.2, 0.25) is 0 Å². The number of methoxy groups -OCH3 is 2. The van der Waals surface area contributed by atoms with Crippen molar-refractivity contribution in [1.29, 1.82) is 0 Å². The van der Waals surface area contributed by atoms with Crippen LogP contribution in [0.3, 0.4) is 0 Å². The molecule has 0 aromatic heterocycles. The van der Waals surface area contributed by atoms with Crippen molar-refractivity contribution in [2.24, 2.45) is 11.8 Å². The molecule has 4 unspecified atom stereocenters. The topological polar surface area (TPSA) is 35.5 Å². The summed E-state index contributed by atoms with van der Waals surface area (Å²) in [6.45, 7) is 0. The van der Waals surface area contributed by atoms with Gasteiger partial charge in [-0.05, 0) is 12.8 Å². The van der Waals surface area contributed by atoms with Crippen LogP contribution in [0, 0.1) is 11.8 Å². The standard InChI is InChI=1S/C9H14O3/c1-11-7-3-5(7)9(10)6-4-8(6)12-2/h5-8H,3-4H2,1-2H3. The molecule has 3 nitrogen and oxygen atoms in total. The quantitative estimate of drug-likeness (QED) is 0.620. The third-order valence-corrected chi connectivity index (χ3v) is 2.80. The minimum absolute atomic E-state index is 0.181. The number of ketones is 1. The summed E-state index contributed by atoms with van der Waals surface area (Å²) >= 11 is 0. The van der Waals surface area contributed by atoms with Gasteiger partial charge in [0.25, 0.3) is 0 Å². The van der Waals surface area contributed by atoms with Crippen LogP contribution in [0.5, 0.6) is 0 Å². The molecule has 0 amide bonds. The fourth-order valence-corrected chi connectivity index (χ4v) is 1.74. The molecule has 2 aliphatic carbocycles. The molecule has 0 spiro atoms. The number of hydrogen-bond acceptors (Lipinski definition) is 3. The minimum atomic E-state index is 0.181. The third-order valence-electron chi connectivity index (χ3n) is 2.80. The van der Waals surface area contributed by atoms with Crippen molar-refractivity contribution in [3.63, 3.8) is 0 Å². The van der Waals surface area contributed by atoms with E-state index < -0.39 is 0 Å². The monoisotopic (exact) mass is 170 g/mol. The third kappa shape index (κ3) is 1.27. The van der Waals surface area contributed by atoms with E-state index in [-0.39, 0.29) is 24.0 Å². The van der Waals surface area contributed by atoms with Crippen LogP contribution >= 0.6 is 0 Å². The zero-order chi connectivity index (χ0) is 8.72. The molecule has 0 aliphatic heterocycles. The lowest BCUT2D eigenvalue weighted by Gasteiger charge is -1.97. The zero-order valence-electron chi connectivity index (χ0n) is 7.45. The highest BCUT2D eigenvalue weighted by molar-refractivity contribution is 5.89. The molecule has 2 saturated carbocycles. The number of Topliss-reactive ketones (excluding diaryl/α,β-unsaturated/α-hetero) is 1. The predicted octanol–water partition coefficient (Wildman–Crippen LogP) is 0.625. The number of hydrogen-bond donors (Lipinski definition) is 0. The summed E-state index contributed by atoms with van der Waals surface area (Å²) in [5.41, 5.74) is 0. The Morgan fingerprint density at radius 3 is 1.75 bits per heavy atom. The molecule has 0 heterocycles. The van der Waals surface area contributed by atoms with Gasteiger partial charge >= 0.3 is 0 Å². The van der Waals surface area contributed by atoms with Gasteiger partial charge in [-0.1, -0.05) is 0 Å². The highest BCUT2D eigenvalue weighted by atomic mass is 16.5. The van der Waals surface area contributed by atoms with E-state index in [9.17, 15) is 4.79 Å². The molecular weight excluding hydrogens is 156 g/mol. The Balaban J connectivity index is 1.80. The zero-order valence-corrected chi connectivity index (χ0v) is 7.45. The van der Waals surface area contributed by atoms with E-state index >= 15 is 0 Å². The maximum atomic E-state index is 11.5. The molecule has 0 saturated heterocycles. The number of rotatable bonds is 4. The van der Waals surface area contributed by atoms with E-state index in [0.717, 1.165) is 12.8 Å². The van der Waals surface area contributed by atoms with E-state index in [1.54, 1.807) is 14.2 Å². The van der Waals surface area contributed by atoms with Gasteiger partial charge < -0.3 is 9.47 Å². The molecule has 2 rings (SSSR count). The van der Waals surface area contributed by atoms with Crippen molar-refractivity contribution in [2.45, 2.75) is 25.0 Å². The van der Waals surface area contributed by atoms with Crippen LogP contribution in [-0.2, 0) is 14.3 Å². The first-order chi connectivity index (χ1) is 5.77. The molecule has 0 aromatic rings. The van der Waals surface area contributed by atoms with Crippen molar-refractivity contribution in [1.82, 2.24) is 0 Å². The van der Waals surface area contributed by atoms with Gasteiger partial charge in [-0.2, -0.15) is 0 Å². The number of carbonyl (C=O) groups excluding carboxylic acids is 1. The fraction of sp³-hybridized carbons (Fsp3) is 0.889. The molecule has 12 heavy (non-hydrogen) atoms. The second kappa shape index (κ2) is 2.82. The van der Waals surface area contributed by atoms with Gasteiger partial charge in [0.05, 0.1) is 12.2 Å². The van der Waals surface area contributed by atoms with E-state index in [1.165, 1.54) is 0 Å². The van der Waals surface area contributed by atoms with Crippen molar-refractivity contribution < 1.29 is 14.3 Å². The fourth-order valence-electron chi connectivity index (χ4n) is 1.74. The summed E-state index contributed by atoms with van der Waals surface area (Å²) in [6, 6.07) is 0. The predicted molar refractivity (Wildman–Crippen MR) is 42.8 cm³/mol. The van der Waals surface area contributed by atoms with Crippen LogP contribution in [0.1, 0.15) is 12.8 Å². The van der Waals surface area contributed by atoms with Crippen molar-refractivity contribution in [3.8, 4) is 0 Å². The van der Waals surface area contributed by atoms with Gasteiger partial charge in [0.2, 0.25) is 0 Å². The Bertz CT molecular complexity index is 182. The number of ether oxygens (including phenoxy) is 2. The Kier molecular flexibility index (Phi) is 1.93. The average molecular weight is 170 g/mol. The summed E-state index contributed by atoms with van der Waals surface area (Å²) in [7, 11) is 3.33. The van der Waals surface area contributed by atoms with E-state index in [0.29, 0.717) is 5.78 Å². The summed E-state index contributed by atoms with van der Waals surface area (Å²) in [5, 5.41) is 0. The molecule has 0 N–H and O–H groups in total. The smallest absolute Gasteiger partial charge is 0.144 e. The van der Waals surface area contributed by atoms with E-state index in [4.69, 9.17) is 9.47 Å². The Hall–Kier alpha value is -0.410. The first kappa shape index (κ1) is 8.20. The molecule has 3 heteroatoms. The van der Waals surface area contributed by atoms with Crippen LogP contribution in [-0.4, -0.2) is 32.2 Å². The largest absolute Gasteiger partial charge is 0.381 e. The van der Waals surface area contributed by atoms with E-state index in [2.05, 4.69) is 0 Å². The minimum Gasteiger partial charge on any atom is -0.381 e. The van der Waals surface area contributed by atoms with Gasteiger partial charge in [0, 0.05) is 26.1 Å². The van der Waals surface area contributed by atoms with E-state index in [1.807, 2.05) is 0 Å². The SMILES string of the molecule is COC1CC1C(=O)C1CC1OC. The first-order valence-corrected chi connectivity index (χ1v) is 4.37. The van der Waals surface area contributed by atoms with Gasteiger partial charge in [0.1, 0.15) is 5.78 Å². The number of carbonyl (C=O) groups is 1. The van der Waals surface area contributed by atoms with Crippen molar-refractivity contribution >= 4 is 5.78 Å². The lowest BCUT2D eigenvalue weighted by Crippen LogP contribution is -2.10. The second-order valence-corrected chi connectivity index (χ2v) is 3.64. The summed E-state index contributed by atoms with van der Waals surface area (Å²) in [6.07, 6.45) is 2.25. The molecule has 2 aliphatic rings. The molecular formula is C9H14O3. The average Bonchev–Trinajstić information content (AvgIpc) is 2.98. The van der Waals surface area contributed by atoms with Gasteiger partial charge in [-0.25, -0.2) is 0 Å². The van der Waals surface area contributed by atoms with Crippen molar-refractivity contribution in [3.05, 3.63) is 0 Å². The molecule has 2 fully saturated rings. The Morgan fingerprint density at radius 1 is 1.08 bits per heavy atom. The Labute approximate surface area is 72.0 Å². The molecule has 0 aromatic carbocycles. The van der Waals surface area contributed by atoms with Gasteiger partial charge in [-0.3, -0.25) is 4.79 Å². The van der Waals surface area contributed by atoms with Gasteiger partial charge in [0.15, 0.2) is 0 Å². The van der Waals surface area contributed by atoms with Crippen molar-refractivity contribution in [2.75, 3.05) is 14.2 Å². The van der Waals surface area contributed by atoms with Gasteiger partial charge in [-0.15, -0.1) is 0 Å². The normalized spacial score (nSPS) is 44.2. The molecule has 0 radical (unpaired) electrons.